The number of hydrogen-bond donors (Lipinski definition) is 4. The highest BCUT2D eigenvalue weighted by molar-refractivity contribution is 7.69. The van der Waals surface area contributed by atoms with Crippen LogP contribution in [0.25, 0.3) is 0 Å². The fraction of sp³-hybridized carbons (Fsp3) is 0.125. The lowest BCUT2D eigenvalue weighted by Crippen LogP contribution is -1.92. The predicted octanol–water partition coefficient (Wildman–Crippen LogP) is 0.707. The van der Waals surface area contributed by atoms with Gasteiger partial charge in [-0.3, -0.25) is 24.0 Å². The topological polar surface area (TPSA) is 175 Å². The van der Waals surface area contributed by atoms with E-state index in [-0.39, 0.29) is 11.3 Å². The fourth-order valence-corrected chi connectivity index (χ4v) is 2.91. The van der Waals surface area contributed by atoms with Crippen LogP contribution in [0.15, 0.2) is 24.3 Å². The molecule has 0 radical (unpaired) electrons. The lowest BCUT2D eigenvalue weighted by molar-refractivity contribution is -0.385. The molecule has 0 spiro atoms. The van der Waals surface area contributed by atoms with Gasteiger partial charge in [0.1, 0.15) is 0 Å². The van der Waals surface area contributed by atoms with Crippen LogP contribution in [0.1, 0.15) is 10.4 Å². The minimum atomic E-state index is -4.55. The van der Waals surface area contributed by atoms with Gasteiger partial charge >= 0.3 is 15.2 Å². The summed E-state index contributed by atoms with van der Waals surface area (Å²) in [6.45, 7) is 0. The van der Waals surface area contributed by atoms with Gasteiger partial charge < -0.3 is 19.6 Å². The molecule has 0 saturated carbocycles. The van der Waals surface area contributed by atoms with Crippen LogP contribution >= 0.6 is 15.2 Å². The molecule has 10 nitrogen and oxygen atoms in total. The summed E-state index contributed by atoms with van der Waals surface area (Å²) in [5.41, 5.74) is -0.0417. The molecule has 1 rings (SSSR count). The Morgan fingerprint density at radius 2 is 1.55 bits per heavy atom. The van der Waals surface area contributed by atoms with Crippen molar-refractivity contribution in [2.24, 2.45) is 0 Å². The van der Waals surface area contributed by atoms with Gasteiger partial charge in [-0.2, -0.15) is 0 Å². The number of carbonyl (C=O) groups is 1. The Kier molecular flexibility index (Phi) is 6.87. The standard InChI is InChI=1S/C7H5NO3.CH6O6P2/c9-5-6-3-1-2-4-7(6)8(10)11;2-8(3,4)1-9(5,6)7/h1-5H;1H2,(H2,2,3,4)(H2,5,6,7). The molecule has 112 valence electrons. The van der Waals surface area contributed by atoms with Crippen LogP contribution in [0.4, 0.5) is 5.69 Å². The second kappa shape index (κ2) is 7.39. The Morgan fingerprint density at radius 3 is 1.80 bits per heavy atom. The molecule has 0 aliphatic rings. The van der Waals surface area contributed by atoms with Crippen molar-refractivity contribution in [1.29, 1.82) is 0 Å². The van der Waals surface area contributed by atoms with Crippen LogP contribution in [0.2, 0.25) is 0 Å². The number of hydrogen-bond acceptors (Lipinski definition) is 5. The average molecular weight is 327 g/mol. The van der Waals surface area contributed by atoms with Crippen LogP contribution in [0.5, 0.6) is 0 Å². The molecule has 0 aromatic heterocycles. The molecule has 0 heterocycles. The maximum atomic E-state index is 10.2. The lowest BCUT2D eigenvalue weighted by Gasteiger charge is -2.03. The first-order valence-electron chi connectivity index (χ1n) is 4.74. The normalized spacial score (nSPS) is 11.2. The molecular formula is C8H11NO9P2. The summed E-state index contributed by atoms with van der Waals surface area (Å²) >= 11 is 0. The van der Waals surface area contributed by atoms with Crippen molar-refractivity contribution in [2.75, 3.05) is 5.90 Å². The number of para-hydroxylation sites is 1. The van der Waals surface area contributed by atoms with E-state index in [1.807, 2.05) is 0 Å². The molecule has 4 N–H and O–H groups in total. The van der Waals surface area contributed by atoms with E-state index in [4.69, 9.17) is 19.6 Å². The Balaban J connectivity index is 0.000000370. The van der Waals surface area contributed by atoms with Gasteiger partial charge in [-0.05, 0) is 6.07 Å². The van der Waals surface area contributed by atoms with Gasteiger partial charge in [-0.25, -0.2) is 0 Å². The smallest absolute Gasteiger partial charge is 0.324 e. The van der Waals surface area contributed by atoms with Crippen molar-refractivity contribution in [3.8, 4) is 0 Å². The summed E-state index contributed by atoms with van der Waals surface area (Å²) < 4.78 is 19.7. The van der Waals surface area contributed by atoms with Crippen molar-refractivity contribution in [3.63, 3.8) is 0 Å². The van der Waals surface area contributed by atoms with Gasteiger partial charge in [-0.1, -0.05) is 12.1 Å². The Labute approximate surface area is 112 Å². The zero-order chi connectivity index (χ0) is 16.0. The van der Waals surface area contributed by atoms with Crippen molar-refractivity contribution < 1.29 is 38.4 Å². The van der Waals surface area contributed by atoms with Crippen LogP contribution in [0.3, 0.4) is 0 Å². The number of aldehydes is 1. The SMILES string of the molecule is O=Cc1ccccc1[N+](=O)[O-].O=P(O)(O)CP(=O)(O)O. The van der Waals surface area contributed by atoms with Crippen LogP contribution < -0.4 is 0 Å². The summed E-state index contributed by atoms with van der Waals surface area (Å²) in [4.78, 5) is 51.8. The van der Waals surface area contributed by atoms with Gasteiger partial charge in [0, 0.05) is 6.07 Å². The molecule has 0 saturated heterocycles. The number of rotatable bonds is 4. The zero-order valence-corrected chi connectivity index (χ0v) is 11.6. The molecule has 0 bridgehead atoms. The number of nitro benzene ring substituents is 1. The van der Waals surface area contributed by atoms with E-state index in [1.54, 1.807) is 6.07 Å². The molecule has 0 aliphatic heterocycles. The fourth-order valence-electron chi connectivity index (χ4n) is 0.993. The number of benzene rings is 1. The van der Waals surface area contributed by atoms with E-state index in [9.17, 15) is 24.0 Å². The second-order valence-corrected chi connectivity index (χ2v) is 7.19. The third-order valence-corrected chi connectivity index (χ3v) is 4.58. The first-order chi connectivity index (χ1) is 8.96. The summed E-state index contributed by atoms with van der Waals surface area (Å²) in [5.74, 6) is -1.38. The minimum absolute atomic E-state index is 0.109. The Bertz CT molecular complexity index is 555. The van der Waals surface area contributed by atoms with Gasteiger partial charge in [-0.15, -0.1) is 0 Å². The van der Waals surface area contributed by atoms with Gasteiger partial charge in [0.2, 0.25) is 0 Å². The summed E-state index contributed by atoms with van der Waals surface area (Å²) in [6, 6.07) is 5.80. The van der Waals surface area contributed by atoms with Crippen molar-refractivity contribution >= 4 is 27.2 Å². The van der Waals surface area contributed by atoms with Gasteiger partial charge in [0.25, 0.3) is 5.69 Å². The molecule has 0 fully saturated rings. The largest absolute Gasteiger partial charge is 0.337 e. The molecule has 12 heteroatoms. The third-order valence-electron chi connectivity index (χ3n) is 1.63. The second-order valence-electron chi connectivity index (χ2n) is 3.40. The van der Waals surface area contributed by atoms with Crippen molar-refractivity contribution in [1.82, 2.24) is 0 Å². The van der Waals surface area contributed by atoms with E-state index in [0.717, 1.165) is 0 Å². The quantitative estimate of drug-likeness (QED) is 0.268. The van der Waals surface area contributed by atoms with Crippen LogP contribution in [-0.2, 0) is 9.13 Å². The van der Waals surface area contributed by atoms with Crippen LogP contribution in [0, 0.1) is 10.1 Å². The molecule has 0 aliphatic carbocycles. The maximum Gasteiger partial charge on any atom is 0.337 e. The number of carbonyl (C=O) groups excluding carboxylic acids is 1. The average Bonchev–Trinajstić information content (AvgIpc) is 2.24. The molecule has 0 unspecified atom stereocenters. The van der Waals surface area contributed by atoms with E-state index in [0.29, 0.717) is 6.29 Å². The first-order valence-corrected chi connectivity index (χ1v) is 8.33. The Morgan fingerprint density at radius 1 is 1.10 bits per heavy atom. The Hall–Kier alpha value is -1.41. The van der Waals surface area contributed by atoms with Crippen LogP contribution in [-0.4, -0.2) is 36.7 Å². The van der Waals surface area contributed by atoms with Gasteiger partial charge in [0.15, 0.2) is 12.2 Å². The van der Waals surface area contributed by atoms with E-state index >= 15 is 0 Å². The molecule has 0 amide bonds. The molecular weight excluding hydrogens is 316 g/mol. The predicted molar refractivity (Wildman–Crippen MR) is 67.4 cm³/mol. The number of nitrogens with zero attached hydrogens (tertiary/aromatic N) is 1. The highest BCUT2D eigenvalue weighted by atomic mass is 31.2. The third kappa shape index (κ3) is 8.65. The lowest BCUT2D eigenvalue weighted by atomic mass is 10.2. The van der Waals surface area contributed by atoms with Crippen molar-refractivity contribution in [2.45, 2.75) is 0 Å². The van der Waals surface area contributed by atoms with Crippen molar-refractivity contribution in [3.05, 3.63) is 39.9 Å². The summed E-state index contributed by atoms with van der Waals surface area (Å²) in [5, 5.41) is 10.2. The number of nitro groups is 1. The minimum Gasteiger partial charge on any atom is -0.324 e. The first kappa shape index (κ1) is 18.6. The van der Waals surface area contributed by atoms with E-state index < -0.39 is 26.0 Å². The highest BCUT2D eigenvalue weighted by Gasteiger charge is 2.26. The highest BCUT2D eigenvalue weighted by Crippen LogP contribution is 2.51. The van der Waals surface area contributed by atoms with E-state index in [1.165, 1.54) is 18.2 Å². The zero-order valence-electron chi connectivity index (χ0n) is 9.77. The molecule has 1 aromatic carbocycles. The van der Waals surface area contributed by atoms with Gasteiger partial charge in [0.05, 0.1) is 10.5 Å². The van der Waals surface area contributed by atoms with E-state index in [2.05, 4.69) is 0 Å². The summed E-state index contributed by atoms with van der Waals surface area (Å²) in [7, 11) is -9.10. The maximum absolute atomic E-state index is 10.2. The monoisotopic (exact) mass is 327 g/mol. The molecule has 0 atom stereocenters. The summed E-state index contributed by atoms with van der Waals surface area (Å²) in [6.07, 6.45) is 0.470. The molecule has 20 heavy (non-hydrogen) atoms. The molecule has 1 aromatic rings.